The number of pyridine rings is 1. The van der Waals surface area contributed by atoms with Crippen molar-refractivity contribution in [1.82, 2.24) is 10.3 Å². The Bertz CT molecular complexity index is 935. The smallest absolute Gasteiger partial charge is 0.170 e. The molecule has 1 atom stereocenters. The molecule has 1 unspecified atom stereocenters. The molecular formula is C20H21N3OS. The van der Waals surface area contributed by atoms with E-state index in [1.165, 1.54) is 0 Å². The number of fused-ring (bicyclic) bond motifs is 2. The van der Waals surface area contributed by atoms with Crippen LogP contribution in [0.25, 0.3) is 21.8 Å². The molecule has 1 aromatic heterocycles. The van der Waals surface area contributed by atoms with E-state index in [0.717, 1.165) is 59.0 Å². The molecule has 128 valence electrons. The third-order valence-corrected chi connectivity index (χ3v) is 4.91. The topological polar surface area (TPSA) is 46.2 Å². The molecule has 0 aliphatic carbocycles. The molecule has 2 aromatic carbocycles. The van der Waals surface area contributed by atoms with Crippen LogP contribution in [0, 0.1) is 6.92 Å². The molecule has 0 saturated carbocycles. The van der Waals surface area contributed by atoms with Gasteiger partial charge in [0.05, 0.1) is 22.8 Å². The first-order chi connectivity index (χ1) is 12.2. The van der Waals surface area contributed by atoms with E-state index in [-0.39, 0.29) is 6.10 Å². The first-order valence-electron chi connectivity index (χ1n) is 8.67. The van der Waals surface area contributed by atoms with E-state index in [9.17, 15) is 0 Å². The Morgan fingerprint density at radius 1 is 1.20 bits per heavy atom. The molecule has 1 fully saturated rings. The zero-order valence-corrected chi connectivity index (χ0v) is 15.0. The molecule has 25 heavy (non-hydrogen) atoms. The lowest BCUT2D eigenvalue weighted by molar-refractivity contribution is 0.114. The number of hydrogen-bond acceptors (Lipinski definition) is 3. The summed E-state index contributed by atoms with van der Waals surface area (Å²) in [6.07, 6.45) is 2.48. The summed E-state index contributed by atoms with van der Waals surface area (Å²) < 4.78 is 5.65. The van der Waals surface area contributed by atoms with Crippen molar-refractivity contribution in [3.8, 4) is 0 Å². The SMILES string of the molecule is Cc1cccc2c(NC(=S)NCC3CCCO3)c3ccccc3nc12. The number of aryl methyl sites for hydroxylation is 1. The molecule has 1 aliphatic heterocycles. The minimum absolute atomic E-state index is 0.257. The van der Waals surface area contributed by atoms with Crippen LogP contribution in [0.5, 0.6) is 0 Å². The summed E-state index contributed by atoms with van der Waals surface area (Å²) in [6.45, 7) is 3.68. The van der Waals surface area contributed by atoms with Gasteiger partial charge in [-0.2, -0.15) is 0 Å². The summed E-state index contributed by atoms with van der Waals surface area (Å²) >= 11 is 5.53. The number of thiocarbonyl (C=S) groups is 1. The van der Waals surface area contributed by atoms with Gasteiger partial charge in [-0.1, -0.05) is 36.4 Å². The van der Waals surface area contributed by atoms with Crippen molar-refractivity contribution in [3.63, 3.8) is 0 Å². The fourth-order valence-corrected chi connectivity index (χ4v) is 3.55. The van der Waals surface area contributed by atoms with Gasteiger partial charge in [0, 0.05) is 23.9 Å². The van der Waals surface area contributed by atoms with Crippen molar-refractivity contribution in [2.45, 2.75) is 25.9 Å². The number of rotatable bonds is 3. The van der Waals surface area contributed by atoms with E-state index >= 15 is 0 Å². The fourth-order valence-electron chi connectivity index (χ4n) is 3.36. The van der Waals surface area contributed by atoms with Gasteiger partial charge < -0.3 is 15.4 Å². The van der Waals surface area contributed by atoms with Crippen molar-refractivity contribution in [1.29, 1.82) is 0 Å². The average molecular weight is 351 g/mol. The molecule has 0 spiro atoms. The van der Waals surface area contributed by atoms with E-state index in [1.807, 2.05) is 18.2 Å². The van der Waals surface area contributed by atoms with Crippen LogP contribution in [0.1, 0.15) is 18.4 Å². The van der Waals surface area contributed by atoms with Crippen LogP contribution in [0.3, 0.4) is 0 Å². The number of nitrogens with one attached hydrogen (secondary N) is 2. The molecule has 3 aromatic rings. The Labute approximate surface area is 152 Å². The molecule has 0 bridgehead atoms. The van der Waals surface area contributed by atoms with E-state index in [0.29, 0.717) is 5.11 Å². The first kappa shape index (κ1) is 16.2. The summed E-state index contributed by atoms with van der Waals surface area (Å²) in [5.74, 6) is 0. The highest BCUT2D eigenvalue weighted by Crippen LogP contribution is 2.32. The van der Waals surface area contributed by atoms with Crippen LogP contribution in [-0.4, -0.2) is 29.4 Å². The van der Waals surface area contributed by atoms with Crippen molar-refractivity contribution < 1.29 is 4.74 Å². The highest BCUT2D eigenvalue weighted by atomic mass is 32.1. The second-order valence-electron chi connectivity index (χ2n) is 6.45. The quantitative estimate of drug-likeness (QED) is 0.548. The van der Waals surface area contributed by atoms with Crippen LogP contribution >= 0.6 is 12.2 Å². The molecule has 1 saturated heterocycles. The van der Waals surface area contributed by atoms with Crippen molar-refractivity contribution in [2.75, 3.05) is 18.5 Å². The third kappa shape index (κ3) is 3.30. The number of aromatic nitrogens is 1. The number of anilines is 1. The summed E-state index contributed by atoms with van der Waals surface area (Å²) in [4.78, 5) is 4.83. The summed E-state index contributed by atoms with van der Waals surface area (Å²) in [7, 11) is 0. The lowest BCUT2D eigenvalue weighted by Crippen LogP contribution is -2.34. The maximum atomic E-state index is 5.65. The first-order valence-corrected chi connectivity index (χ1v) is 9.08. The Morgan fingerprint density at radius 2 is 2.04 bits per heavy atom. The van der Waals surface area contributed by atoms with Crippen molar-refractivity contribution >= 4 is 44.8 Å². The summed E-state index contributed by atoms with van der Waals surface area (Å²) in [5.41, 5.74) is 4.14. The minimum Gasteiger partial charge on any atom is -0.376 e. The van der Waals surface area contributed by atoms with Crippen molar-refractivity contribution in [2.24, 2.45) is 0 Å². The van der Waals surface area contributed by atoms with Crippen LogP contribution in [0.4, 0.5) is 5.69 Å². The second-order valence-corrected chi connectivity index (χ2v) is 6.85. The highest BCUT2D eigenvalue weighted by molar-refractivity contribution is 7.80. The van der Waals surface area contributed by atoms with Gasteiger partial charge in [0.15, 0.2) is 5.11 Å². The monoisotopic (exact) mass is 351 g/mol. The van der Waals surface area contributed by atoms with Gasteiger partial charge in [-0.05, 0) is 43.6 Å². The normalized spacial score (nSPS) is 17.1. The van der Waals surface area contributed by atoms with Gasteiger partial charge in [0.25, 0.3) is 0 Å². The third-order valence-electron chi connectivity index (χ3n) is 4.67. The number of hydrogen-bond donors (Lipinski definition) is 2. The standard InChI is InChI=1S/C20H21N3OS/c1-13-6-4-9-16-18(13)22-17-10-3-2-8-15(17)19(16)23-20(25)21-12-14-7-5-11-24-14/h2-4,6,8-10,14H,5,7,11-12H2,1H3,(H2,21,22,23,25). The van der Waals surface area contributed by atoms with Crippen LogP contribution in [0.2, 0.25) is 0 Å². The molecular weight excluding hydrogens is 330 g/mol. The average Bonchev–Trinajstić information content (AvgIpc) is 3.14. The fraction of sp³-hybridized carbons (Fsp3) is 0.300. The zero-order chi connectivity index (χ0) is 17.2. The predicted molar refractivity (Wildman–Crippen MR) is 107 cm³/mol. The minimum atomic E-state index is 0.257. The Hall–Kier alpha value is -2.24. The van der Waals surface area contributed by atoms with Gasteiger partial charge in [-0.25, -0.2) is 4.98 Å². The van der Waals surface area contributed by atoms with Crippen LogP contribution in [0.15, 0.2) is 42.5 Å². The molecule has 1 aliphatic rings. The maximum Gasteiger partial charge on any atom is 0.170 e. The molecule has 0 radical (unpaired) electrons. The van der Waals surface area contributed by atoms with Crippen LogP contribution < -0.4 is 10.6 Å². The molecule has 4 rings (SSSR count). The Morgan fingerprint density at radius 3 is 2.88 bits per heavy atom. The van der Waals surface area contributed by atoms with Crippen LogP contribution in [-0.2, 0) is 4.74 Å². The molecule has 5 heteroatoms. The lowest BCUT2D eigenvalue weighted by Gasteiger charge is -2.17. The highest BCUT2D eigenvalue weighted by Gasteiger charge is 2.16. The van der Waals surface area contributed by atoms with Gasteiger partial charge in [-0.3, -0.25) is 0 Å². The van der Waals surface area contributed by atoms with E-state index in [2.05, 4.69) is 41.8 Å². The zero-order valence-electron chi connectivity index (χ0n) is 14.2. The van der Waals surface area contributed by atoms with E-state index in [4.69, 9.17) is 21.9 Å². The number of ether oxygens (including phenoxy) is 1. The Balaban J connectivity index is 1.68. The molecule has 2 heterocycles. The largest absolute Gasteiger partial charge is 0.376 e. The van der Waals surface area contributed by atoms with Gasteiger partial charge in [0.1, 0.15) is 0 Å². The number of para-hydroxylation sites is 2. The van der Waals surface area contributed by atoms with Gasteiger partial charge in [-0.15, -0.1) is 0 Å². The maximum absolute atomic E-state index is 5.65. The lowest BCUT2D eigenvalue weighted by atomic mass is 10.1. The van der Waals surface area contributed by atoms with Crippen molar-refractivity contribution in [3.05, 3.63) is 48.0 Å². The summed E-state index contributed by atoms with van der Waals surface area (Å²) in [6, 6.07) is 14.4. The number of benzene rings is 2. The molecule has 0 amide bonds. The van der Waals surface area contributed by atoms with Gasteiger partial charge in [0.2, 0.25) is 0 Å². The van der Waals surface area contributed by atoms with E-state index < -0.39 is 0 Å². The Kier molecular flexibility index (Phi) is 4.51. The second kappa shape index (κ2) is 6.94. The predicted octanol–water partition coefficient (Wildman–Crippen LogP) is 4.16. The molecule has 4 nitrogen and oxygen atoms in total. The van der Waals surface area contributed by atoms with Gasteiger partial charge >= 0.3 is 0 Å². The summed E-state index contributed by atoms with van der Waals surface area (Å²) in [5, 5.41) is 9.47. The number of nitrogens with zero attached hydrogens (tertiary/aromatic N) is 1. The molecule has 2 N–H and O–H groups in total. The van der Waals surface area contributed by atoms with E-state index in [1.54, 1.807) is 0 Å².